The van der Waals surface area contributed by atoms with Gasteiger partial charge in [0.1, 0.15) is 7.28 Å². The fourth-order valence-corrected chi connectivity index (χ4v) is 4.84. The second-order valence-corrected chi connectivity index (χ2v) is 8.77. The minimum Gasteiger partial charge on any atom is -0.102 e. The Labute approximate surface area is 110 Å². The van der Waals surface area contributed by atoms with Gasteiger partial charge in [0.25, 0.3) is 0 Å². The fourth-order valence-electron chi connectivity index (χ4n) is 4.84. The van der Waals surface area contributed by atoms with Gasteiger partial charge < -0.3 is 0 Å². The zero-order valence-electron chi connectivity index (χ0n) is 12.8. The maximum atomic E-state index is 2.52. The Balaban J connectivity index is 2.61. The summed E-state index contributed by atoms with van der Waals surface area (Å²) in [7, 11) is 23.9. The van der Waals surface area contributed by atoms with E-state index in [4.69, 9.17) is 0 Å². The van der Waals surface area contributed by atoms with Gasteiger partial charge in [-0.3, -0.25) is 0 Å². The summed E-state index contributed by atoms with van der Waals surface area (Å²) < 4.78 is 0. The van der Waals surface area contributed by atoms with Gasteiger partial charge in [0.2, 0.25) is 0 Å². The molecule has 2 atom stereocenters. The number of rotatable bonds is 0. The molecule has 0 N–H and O–H groups in total. The third-order valence-electron chi connectivity index (χ3n) is 8.27. The van der Waals surface area contributed by atoms with Gasteiger partial charge in [-0.05, 0) is 0 Å². The summed E-state index contributed by atoms with van der Waals surface area (Å²) in [6, 6.07) is 0. The van der Waals surface area contributed by atoms with Gasteiger partial charge in [-0.25, -0.2) is 0 Å². The Kier molecular flexibility index (Phi) is 2.29. The zero-order chi connectivity index (χ0) is 12.8. The molecule has 0 aromatic carbocycles. The molecule has 2 aliphatic rings. The van der Waals surface area contributed by atoms with Crippen LogP contribution in [0.1, 0.15) is 0 Å². The van der Waals surface area contributed by atoms with Crippen molar-refractivity contribution in [1.29, 1.82) is 0 Å². The normalized spacial score (nSPS) is 44.9. The molecule has 2 unspecified atom stereocenters. The van der Waals surface area contributed by atoms with Gasteiger partial charge >= 0.3 is 0 Å². The molecule has 0 nitrogen and oxygen atoms in total. The lowest BCUT2D eigenvalue weighted by Gasteiger charge is -2.68. The first-order valence-electron chi connectivity index (χ1n) is 6.84. The van der Waals surface area contributed by atoms with Crippen molar-refractivity contribution >= 4 is 77.9 Å². The molecule has 0 spiro atoms. The second kappa shape index (κ2) is 2.80. The van der Waals surface area contributed by atoms with E-state index in [9.17, 15) is 0 Å². The van der Waals surface area contributed by atoms with Crippen LogP contribution < -0.4 is 0 Å². The number of fused-ring (bicyclic) bond motifs is 1. The molecule has 0 amide bonds. The van der Waals surface area contributed by atoms with Crippen LogP contribution in [0.4, 0.5) is 0 Å². The predicted molar refractivity (Wildman–Crippen MR) is 101 cm³/mol. The summed E-state index contributed by atoms with van der Waals surface area (Å²) in [5.74, 6) is 0.915. The number of hydrogen-bond donors (Lipinski definition) is 0. The molecule has 1 heterocycles. The lowest BCUT2D eigenvalue weighted by atomic mass is 9.05. The molecular weight excluding hydrogens is 180 g/mol. The van der Waals surface area contributed by atoms with Gasteiger partial charge in [0.15, 0.2) is 0 Å². The molecule has 1 saturated carbocycles. The second-order valence-electron chi connectivity index (χ2n) is 8.77. The van der Waals surface area contributed by atoms with E-state index in [0.29, 0.717) is 26.1 Å². The smallest absolute Gasteiger partial charge is 0.102 e. The SMILES string of the molecule is BC1(B)C2BC2(B)C(B)(B)C(B)(B)C1(B)B. The first kappa shape index (κ1) is 13.1. The highest BCUT2D eigenvalue weighted by molar-refractivity contribution is 6.82. The number of hydrogen-bond acceptors (Lipinski definition) is 0. The van der Waals surface area contributed by atoms with Crippen LogP contribution >= 0.6 is 0 Å². The Hall–Kier alpha value is 0.649. The van der Waals surface area contributed by atoms with Gasteiger partial charge in [-0.2, -0.15) is 0 Å². The van der Waals surface area contributed by atoms with Crippen molar-refractivity contribution < 1.29 is 0 Å². The van der Waals surface area contributed by atoms with E-state index >= 15 is 0 Å². The van der Waals surface area contributed by atoms with E-state index in [1.54, 1.807) is 0 Å². The van der Waals surface area contributed by atoms with Crippen molar-refractivity contribution in [3.63, 3.8) is 0 Å². The lowest BCUT2D eigenvalue weighted by Crippen LogP contribution is -2.55. The molecule has 2 rings (SSSR count). The summed E-state index contributed by atoms with van der Waals surface area (Å²) in [5.41, 5.74) is 0. The average molecular weight is 200 g/mol. The Morgan fingerprint density at radius 3 is 1.50 bits per heavy atom. The highest BCUT2D eigenvalue weighted by Crippen LogP contribution is 2.89. The maximum absolute atomic E-state index is 2.52. The Morgan fingerprint density at radius 1 is 0.625 bits per heavy atom. The Bertz CT molecular complexity index is 345. The van der Waals surface area contributed by atoms with E-state index in [0.717, 1.165) is 5.82 Å². The van der Waals surface area contributed by atoms with E-state index in [2.05, 4.69) is 70.6 Å². The van der Waals surface area contributed by atoms with Crippen LogP contribution in [-0.4, -0.2) is 77.9 Å². The molecule has 1 saturated heterocycles. The first-order valence-corrected chi connectivity index (χ1v) is 6.84. The monoisotopic (exact) mass is 202 g/mol. The zero-order valence-corrected chi connectivity index (χ0v) is 12.8. The summed E-state index contributed by atoms with van der Waals surface area (Å²) in [6.07, 6.45) is 0. The van der Waals surface area contributed by atoms with E-state index in [-0.39, 0.29) is 0 Å². The van der Waals surface area contributed by atoms with Gasteiger partial charge in [-0.15, -0.1) is 15.6 Å². The van der Waals surface area contributed by atoms with Crippen LogP contribution in [0, 0.1) is 0 Å². The first-order chi connectivity index (χ1) is 6.84. The molecular formula is C6H20B10. The molecule has 0 radical (unpaired) electrons. The van der Waals surface area contributed by atoms with E-state index < -0.39 is 0 Å². The van der Waals surface area contributed by atoms with Crippen LogP contribution in [0.2, 0.25) is 31.9 Å². The topological polar surface area (TPSA) is 0 Å². The van der Waals surface area contributed by atoms with Crippen LogP contribution in [0.15, 0.2) is 0 Å². The summed E-state index contributed by atoms with van der Waals surface area (Å²) in [5, 5.41) is 2.23. The standard InChI is InChI=1S/C6H20B10/c7-2(8)1-3(9,16-1)5(12,13)6(14,15)4(2,10)11/h1,16H,7-15H2. The van der Waals surface area contributed by atoms with Crippen LogP contribution in [-0.2, 0) is 0 Å². The molecule has 1 aliphatic carbocycles. The molecule has 0 aromatic heterocycles. The highest BCUT2D eigenvalue weighted by atomic mass is 14.6. The third kappa shape index (κ3) is 1.02. The van der Waals surface area contributed by atoms with E-state index in [1.807, 2.05) is 0 Å². The summed E-state index contributed by atoms with van der Waals surface area (Å²) in [4.78, 5) is 0. The molecule has 0 bridgehead atoms. The molecule has 10 heteroatoms. The average Bonchev–Trinajstić information content (AvgIpc) is 2.78. The highest BCUT2D eigenvalue weighted by Gasteiger charge is 2.75. The summed E-state index contributed by atoms with van der Waals surface area (Å²) in [6.45, 7) is 0. The van der Waals surface area contributed by atoms with Gasteiger partial charge in [0.05, 0.1) is 70.6 Å². The molecule has 0 aromatic rings. The van der Waals surface area contributed by atoms with Crippen molar-refractivity contribution in [2.24, 2.45) is 0 Å². The largest absolute Gasteiger partial charge is 0.119 e. The minimum atomic E-state index is 0.380. The van der Waals surface area contributed by atoms with Gasteiger partial charge in [0, 0.05) is 0 Å². The third-order valence-corrected chi connectivity index (χ3v) is 8.27. The molecule has 74 valence electrons. The quantitative estimate of drug-likeness (QED) is 0.341. The van der Waals surface area contributed by atoms with Crippen molar-refractivity contribution in [2.45, 2.75) is 31.9 Å². The Morgan fingerprint density at radius 2 is 1.06 bits per heavy atom. The van der Waals surface area contributed by atoms with Crippen molar-refractivity contribution in [3.05, 3.63) is 0 Å². The van der Waals surface area contributed by atoms with Crippen LogP contribution in [0.3, 0.4) is 0 Å². The molecule has 16 heavy (non-hydrogen) atoms. The van der Waals surface area contributed by atoms with E-state index in [1.165, 1.54) is 7.28 Å². The van der Waals surface area contributed by atoms with Crippen molar-refractivity contribution in [1.82, 2.24) is 0 Å². The predicted octanol–water partition coefficient (Wildman–Crippen LogP) is -7.48. The van der Waals surface area contributed by atoms with Crippen LogP contribution in [0.25, 0.3) is 0 Å². The van der Waals surface area contributed by atoms with Crippen LogP contribution in [0.5, 0.6) is 0 Å². The fraction of sp³-hybridized carbons (Fsp3) is 1.00. The van der Waals surface area contributed by atoms with Crippen molar-refractivity contribution in [3.8, 4) is 0 Å². The van der Waals surface area contributed by atoms with Gasteiger partial charge in [-0.1, -0.05) is 16.2 Å². The summed E-state index contributed by atoms with van der Waals surface area (Å²) >= 11 is 0. The maximum Gasteiger partial charge on any atom is 0.119 e. The molecule has 1 aliphatic heterocycles. The lowest BCUT2D eigenvalue weighted by molar-refractivity contribution is 0.400. The van der Waals surface area contributed by atoms with Crippen molar-refractivity contribution in [2.75, 3.05) is 0 Å². The minimum absolute atomic E-state index is 0.380. The molecule has 2 fully saturated rings.